The summed E-state index contributed by atoms with van der Waals surface area (Å²) >= 11 is 0. The molecule has 1 aliphatic rings. The van der Waals surface area contributed by atoms with E-state index in [-0.39, 0.29) is 5.92 Å². The Morgan fingerprint density at radius 1 is 1.35 bits per heavy atom. The molecule has 0 saturated carbocycles. The fraction of sp³-hybridized carbons (Fsp3) is 0.400. The van der Waals surface area contributed by atoms with E-state index in [1.807, 2.05) is 16.9 Å². The molecule has 0 amide bonds. The van der Waals surface area contributed by atoms with Gasteiger partial charge in [0, 0.05) is 31.7 Å². The van der Waals surface area contributed by atoms with E-state index < -0.39 is 0 Å². The van der Waals surface area contributed by atoms with Crippen LogP contribution in [0.4, 0.5) is 0 Å². The van der Waals surface area contributed by atoms with E-state index in [9.17, 15) is 0 Å². The molecule has 0 spiro atoms. The van der Waals surface area contributed by atoms with Crippen molar-refractivity contribution in [3.63, 3.8) is 0 Å². The summed E-state index contributed by atoms with van der Waals surface area (Å²) in [6, 6.07) is 8.39. The molecule has 2 N–H and O–H groups in total. The minimum atomic E-state index is 0.272. The fourth-order valence-electron chi connectivity index (χ4n) is 3.48. The number of H-pyrrole nitrogens is 1. The molecular formula is C20H25N5O. The van der Waals surface area contributed by atoms with E-state index in [0.29, 0.717) is 6.61 Å². The highest BCUT2D eigenvalue weighted by Gasteiger charge is 2.24. The van der Waals surface area contributed by atoms with E-state index in [2.05, 4.69) is 51.7 Å². The number of nitrogens with one attached hydrogen (secondary N) is 2. The van der Waals surface area contributed by atoms with E-state index >= 15 is 0 Å². The first-order chi connectivity index (χ1) is 12.8. The number of benzene rings is 1. The zero-order valence-corrected chi connectivity index (χ0v) is 15.1. The van der Waals surface area contributed by atoms with Gasteiger partial charge >= 0.3 is 0 Å². The molecule has 1 atom stereocenters. The van der Waals surface area contributed by atoms with E-state index in [4.69, 9.17) is 4.74 Å². The number of aromatic nitrogens is 4. The number of aromatic amines is 1. The minimum Gasteiger partial charge on any atom is -0.494 e. The van der Waals surface area contributed by atoms with Gasteiger partial charge in [-0.1, -0.05) is 12.1 Å². The average Bonchev–Trinajstić information content (AvgIpc) is 3.34. The van der Waals surface area contributed by atoms with E-state index in [0.717, 1.165) is 43.9 Å². The van der Waals surface area contributed by atoms with Crippen molar-refractivity contribution in [3.8, 4) is 5.75 Å². The number of hydrogen-bond donors (Lipinski definition) is 2. The molecule has 136 valence electrons. The highest BCUT2D eigenvalue weighted by Crippen LogP contribution is 2.29. The molecule has 1 aliphatic heterocycles. The molecule has 3 heterocycles. The van der Waals surface area contributed by atoms with Gasteiger partial charge in [-0.15, -0.1) is 0 Å². The third-order valence-electron chi connectivity index (χ3n) is 4.88. The van der Waals surface area contributed by atoms with Gasteiger partial charge in [0.25, 0.3) is 0 Å². The lowest BCUT2D eigenvalue weighted by atomic mass is 9.92. The Balaban J connectivity index is 1.35. The van der Waals surface area contributed by atoms with Crippen molar-refractivity contribution >= 4 is 0 Å². The van der Waals surface area contributed by atoms with Crippen LogP contribution < -0.4 is 10.1 Å². The molecule has 0 fully saturated rings. The normalized spacial score (nSPS) is 16.4. The van der Waals surface area contributed by atoms with Crippen LogP contribution in [0.1, 0.15) is 41.8 Å². The van der Waals surface area contributed by atoms with Crippen LogP contribution in [0.5, 0.6) is 5.75 Å². The summed E-state index contributed by atoms with van der Waals surface area (Å²) < 4.78 is 7.95. The van der Waals surface area contributed by atoms with Crippen LogP contribution >= 0.6 is 0 Å². The maximum atomic E-state index is 5.99. The smallest absolute Gasteiger partial charge is 0.119 e. The third kappa shape index (κ3) is 3.65. The van der Waals surface area contributed by atoms with Crippen LogP contribution in [0.25, 0.3) is 0 Å². The summed E-state index contributed by atoms with van der Waals surface area (Å²) in [7, 11) is 0. The molecule has 1 aromatic carbocycles. The number of ether oxygens (including phenoxy) is 1. The van der Waals surface area contributed by atoms with Crippen molar-refractivity contribution < 1.29 is 4.74 Å². The van der Waals surface area contributed by atoms with Crippen LogP contribution in [0.15, 0.2) is 43.0 Å². The Labute approximate surface area is 153 Å². The second kappa shape index (κ2) is 7.74. The Kier molecular flexibility index (Phi) is 5.02. The van der Waals surface area contributed by atoms with Gasteiger partial charge in [-0.3, -0.25) is 4.68 Å². The summed E-state index contributed by atoms with van der Waals surface area (Å²) in [5.74, 6) is 1.20. The predicted molar refractivity (Wildman–Crippen MR) is 100 cm³/mol. The zero-order valence-electron chi connectivity index (χ0n) is 15.1. The van der Waals surface area contributed by atoms with Gasteiger partial charge in [-0.2, -0.15) is 5.10 Å². The van der Waals surface area contributed by atoms with Crippen LogP contribution in [-0.4, -0.2) is 32.9 Å². The van der Waals surface area contributed by atoms with Crippen LogP contribution in [0.2, 0.25) is 0 Å². The molecule has 4 rings (SSSR count). The third-order valence-corrected chi connectivity index (χ3v) is 4.88. The van der Waals surface area contributed by atoms with Crippen molar-refractivity contribution in [2.45, 2.75) is 38.8 Å². The number of rotatable bonds is 7. The Bertz CT molecular complexity index is 853. The summed E-state index contributed by atoms with van der Waals surface area (Å²) in [6.45, 7) is 5.48. The van der Waals surface area contributed by atoms with Crippen molar-refractivity contribution in [2.24, 2.45) is 0 Å². The van der Waals surface area contributed by atoms with Crippen molar-refractivity contribution in [3.05, 3.63) is 65.5 Å². The lowest BCUT2D eigenvalue weighted by Gasteiger charge is -2.23. The Morgan fingerprint density at radius 3 is 3.19 bits per heavy atom. The number of aryl methyl sites for hydroxylation is 2. The highest BCUT2D eigenvalue weighted by atomic mass is 16.5. The second-order valence-electron chi connectivity index (χ2n) is 6.68. The summed E-state index contributed by atoms with van der Waals surface area (Å²) in [5.41, 5.74) is 4.84. The van der Waals surface area contributed by atoms with Crippen molar-refractivity contribution in [2.75, 3.05) is 13.2 Å². The number of fused-ring (bicyclic) bond motifs is 1. The lowest BCUT2D eigenvalue weighted by Crippen LogP contribution is -2.28. The largest absolute Gasteiger partial charge is 0.494 e. The second-order valence-corrected chi connectivity index (χ2v) is 6.68. The highest BCUT2D eigenvalue weighted by molar-refractivity contribution is 5.37. The summed E-state index contributed by atoms with van der Waals surface area (Å²) in [5, 5.41) is 7.76. The molecule has 6 nitrogen and oxygen atoms in total. The first-order valence-corrected chi connectivity index (χ1v) is 9.30. The average molecular weight is 351 g/mol. The van der Waals surface area contributed by atoms with E-state index in [1.54, 1.807) is 6.33 Å². The predicted octanol–water partition coefficient (Wildman–Crippen LogP) is 2.87. The molecule has 0 saturated heterocycles. The Hall–Kier alpha value is -2.60. The van der Waals surface area contributed by atoms with Crippen molar-refractivity contribution in [1.82, 2.24) is 25.1 Å². The van der Waals surface area contributed by atoms with Crippen molar-refractivity contribution in [1.29, 1.82) is 0 Å². The standard InChI is InChI=1S/C20H25N5O/c1-2-25-13-15(10-24-25)5-4-8-26-17-7-3-6-16(9-17)18-11-21-12-19-20(18)23-14-22-19/h3,6-7,9-10,13-14,18,21H,2,4-5,8,11-12H2,1H3,(H,22,23). The van der Waals surface area contributed by atoms with Gasteiger partial charge < -0.3 is 15.0 Å². The fourth-order valence-corrected chi connectivity index (χ4v) is 3.48. The monoisotopic (exact) mass is 351 g/mol. The first kappa shape index (κ1) is 16.8. The molecule has 0 aliphatic carbocycles. The van der Waals surface area contributed by atoms with Gasteiger partial charge in [-0.05, 0) is 43.0 Å². The molecule has 1 unspecified atom stereocenters. The molecule has 2 aromatic heterocycles. The molecule has 26 heavy (non-hydrogen) atoms. The molecule has 0 bridgehead atoms. The van der Waals surface area contributed by atoms with E-state index in [1.165, 1.54) is 16.8 Å². The van der Waals surface area contributed by atoms with Gasteiger partial charge in [0.15, 0.2) is 0 Å². The van der Waals surface area contributed by atoms with Crippen LogP contribution in [0, 0.1) is 0 Å². The maximum Gasteiger partial charge on any atom is 0.119 e. The number of imidazole rings is 1. The Morgan fingerprint density at radius 2 is 2.31 bits per heavy atom. The minimum absolute atomic E-state index is 0.272. The van der Waals surface area contributed by atoms with Gasteiger partial charge in [0.2, 0.25) is 0 Å². The SMILES string of the molecule is CCn1cc(CCCOc2cccc(C3CNCc4[nH]cnc43)c2)cn1. The maximum absolute atomic E-state index is 5.99. The molecular weight excluding hydrogens is 326 g/mol. The zero-order chi connectivity index (χ0) is 17.8. The molecule has 0 radical (unpaired) electrons. The quantitative estimate of drug-likeness (QED) is 0.642. The topological polar surface area (TPSA) is 67.8 Å². The van der Waals surface area contributed by atoms with Gasteiger partial charge in [0.05, 0.1) is 30.5 Å². The molecule has 6 heteroatoms. The first-order valence-electron chi connectivity index (χ1n) is 9.30. The van der Waals surface area contributed by atoms with Crippen LogP contribution in [0.3, 0.4) is 0 Å². The van der Waals surface area contributed by atoms with Gasteiger partial charge in [0.1, 0.15) is 5.75 Å². The molecule has 3 aromatic rings. The lowest BCUT2D eigenvalue weighted by molar-refractivity contribution is 0.310. The van der Waals surface area contributed by atoms with Gasteiger partial charge in [-0.25, -0.2) is 4.98 Å². The summed E-state index contributed by atoms with van der Waals surface area (Å²) in [6.07, 6.45) is 7.81. The summed E-state index contributed by atoms with van der Waals surface area (Å²) in [4.78, 5) is 7.74. The number of nitrogens with zero attached hydrogens (tertiary/aromatic N) is 3. The number of hydrogen-bond acceptors (Lipinski definition) is 4. The van der Waals surface area contributed by atoms with Crippen LogP contribution in [-0.2, 0) is 19.5 Å².